The number of ketones is 1. The first-order valence-electron chi connectivity index (χ1n) is 17.0. The van der Waals surface area contributed by atoms with Gasteiger partial charge < -0.3 is 19.6 Å². The van der Waals surface area contributed by atoms with Crippen LogP contribution in [0.3, 0.4) is 0 Å². The number of fused-ring (bicyclic) bond motifs is 2. The molecule has 2 aromatic carbocycles. The van der Waals surface area contributed by atoms with Crippen LogP contribution in [-0.2, 0) is 24.0 Å². The second-order valence-corrected chi connectivity index (χ2v) is 22.3. The number of benzene rings is 2. The number of nitrogens with zero attached hydrogens (tertiary/aromatic N) is 2. The third-order valence-electron chi connectivity index (χ3n) is 10.7. The Hall–Kier alpha value is -3.32. The van der Waals surface area contributed by atoms with Crippen molar-refractivity contribution in [3.63, 3.8) is 0 Å². The Labute approximate surface area is 291 Å². The van der Waals surface area contributed by atoms with Gasteiger partial charge in [-0.1, -0.05) is 95.3 Å². The molecule has 2 bridgehead atoms. The lowest BCUT2D eigenvalue weighted by atomic mass is 9.70. The Morgan fingerprint density at radius 3 is 2.08 bits per heavy atom. The van der Waals surface area contributed by atoms with Gasteiger partial charge in [0.05, 0.1) is 16.9 Å². The highest BCUT2D eigenvalue weighted by Gasteiger charge is 2.65. The van der Waals surface area contributed by atoms with Gasteiger partial charge in [-0.2, -0.15) is 0 Å². The van der Waals surface area contributed by atoms with Gasteiger partial charge in [-0.3, -0.25) is 4.79 Å². The summed E-state index contributed by atoms with van der Waals surface area (Å²) in [5.74, 6) is -0.138. The molecule has 3 aromatic rings. The molecule has 2 unspecified atom stereocenters. The molecule has 12 heteroatoms. The van der Waals surface area contributed by atoms with E-state index >= 15 is 0 Å². The fourth-order valence-electron chi connectivity index (χ4n) is 7.94. The highest BCUT2D eigenvalue weighted by molar-refractivity contribution is 7.89. The molecule has 0 aliphatic heterocycles. The monoisotopic (exact) mass is 709 g/mol. The summed E-state index contributed by atoms with van der Waals surface area (Å²) in [6.45, 7) is 15.3. The first-order chi connectivity index (χ1) is 22.7. The standard InChI is InChI=1S/C37H51N3O7SSi/c1-34(2,3)46-33(43)38-22-30(41)32(47-49(35(4,5)6,27-15-11-9-12-16-27)28-17-13-10-14-18-28)29-23-40(25-39-29)48(44,45)24-37-20-19-26(21-31(37)42)36(37,7)8/h9-18,23,25-26,30,32,41H,19-22,24H2,1-8H3,(H,38,43)/t26?,30-,32+,37?/m0/s1. The summed E-state index contributed by atoms with van der Waals surface area (Å²) in [6, 6.07) is 19.7. The molecule has 2 aliphatic rings. The maximum atomic E-state index is 14.0. The van der Waals surface area contributed by atoms with Crippen molar-refractivity contribution in [2.45, 2.75) is 97.5 Å². The number of rotatable bonds is 11. The van der Waals surface area contributed by atoms with Crippen LogP contribution in [0.2, 0.25) is 5.04 Å². The molecular weight excluding hydrogens is 659 g/mol. The van der Waals surface area contributed by atoms with Crippen molar-refractivity contribution in [1.82, 2.24) is 14.3 Å². The molecule has 2 saturated carbocycles. The number of hydrogen-bond acceptors (Lipinski definition) is 8. The minimum Gasteiger partial charge on any atom is -0.444 e. The van der Waals surface area contributed by atoms with Crippen LogP contribution < -0.4 is 15.7 Å². The van der Waals surface area contributed by atoms with Gasteiger partial charge in [-0.15, -0.1) is 0 Å². The number of aliphatic hydroxyl groups excluding tert-OH is 1. The molecular formula is C37H51N3O7SSi. The Morgan fingerprint density at radius 2 is 1.61 bits per heavy atom. The predicted octanol–water partition coefficient (Wildman–Crippen LogP) is 4.96. The van der Waals surface area contributed by atoms with E-state index in [-0.39, 0.29) is 29.7 Å². The van der Waals surface area contributed by atoms with Gasteiger partial charge in [-0.25, -0.2) is 22.2 Å². The smallest absolute Gasteiger partial charge is 0.407 e. The summed E-state index contributed by atoms with van der Waals surface area (Å²) in [5.41, 5.74) is -1.95. The number of Topliss-reactive ketones (excluding diaryl/α,β-unsaturated/α-hetero) is 1. The van der Waals surface area contributed by atoms with Gasteiger partial charge in [0.2, 0.25) is 10.0 Å². The number of hydrogen-bond donors (Lipinski definition) is 2. The SMILES string of the molecule is CC(C)(C)OC(=O)NC[C@H](O)[C@H](O[Si](c1ccccc1)(c1ccccc1)C(C)(C)C)c1cn(S(=O)(=O)CC23CCC(CC2=O)C3(C)C)cn1. The second kappa shape index (κ2) is 13.1. The number of alkyl carbamates (subject to hydrolysis) is 1. The van der Waals surface area contributed by atoms with Crippen LogP contribution in [0.15, 0.2) is 73.2 Å². The van der Waals surface area contributed by atoms with Crippen LogP contribution >= 0.6 is 0 Å². The van der Waals surface area contributed by atoms with Crippen LogP contribution in [0.4, 0.5) is 4.79 Å². The van der Waals surface area contributed by atoms with Crippen molar-refractivity contribution in [2.75, 3.05) is 12.3 Å². The van der Waals surface area contributed by atoms with Gasteiger partial charge in [-0.05, 0) is 60.4 Å². The molecule has 0 spiro atoms. The van der Waals surface area contributed by atoms with E-state index in [0.29, 0.717) is 12.8 Å². The van der Waals surface area contributed by atoms with E-state index in [1.165, 1.54) is 12.5 Å². The summed E-state index contributed by atoms with van der Waals surface area (Å²) in [4.78, 5) is 30.4. The lowest BCUT2D eigenvalue weighted by Crippen LogP contribution is -2.67. The van der Waals surface area contributed by atoms with Gasteiger partial charge in [0.25, 0.3) is 8.32 Å². The maximum absolute atomic E-state index is 14.0. The number of aliphatic hydroxyl groups is 1. The topological polar surface area (TPSA) is 137 Å². The number of carbonyl (C=O) groups excluding carboxylic acids is 2. The van der Waals surface area contributed by atoms with Crippen molar-refractivity contribution in [3.05, 3.63) is 78.9 Å². The van der Waals surface area contributed by atoms with Crippen LogP contribution in [0.1, 0.15) is 86.5 Å². The zero-order chi connectivity index (χ0) is 36.0. The lowest BCUT2D eigenvalue weighted by molar-refractivity contribution is -0.128. The first kappa shape index (κ1) is 36.9. The summed E-state index contributed by atoms with van der Waals surface area (Å²) in [7, 11) is -7.34. The molecule has 1 aromatic heterocycles. The van der Waals surface area contributed by atoms with Gasteiger partial charge in [0.1, 0.15) is 29.9 Å². The third kappa shape index (κ3) is 6.89. The summed E-state index contributed by atoms with van der Waals surface area (Å²) in [6.07, 6.45) is 1.17. The van der Waals surface area contributed by atoms with Gasteiger partial charge in [0, 0.05) is 19.2 Å². The largest absolute Gasteiger partial charge is 0.444 e. The molecule has 1 amide bonds. The average Bonchev–Trinajstić information content (AvgIpc) is 3.65. The normalized spacial score (nSPS) is 22.1. The molecule has 1 heterocycles. The van der Waals surface area contributed by atoms with Gasteiger partial charge >= 0.3 is 6.09 Å². The molecule has 49 heavy (non-hydrogen) atoms. The highest BCUT2D eigenvalue weighted by Crippen LogP contribution is 2.64. The van der Waals surface area contributed by atoms with Gasteiger partial charge in [0.15, 0.2) is 0 Å². The van der Waals surface area contributed by atoms with Crippen molar-refractivity contribution in [2.24, 2.45) is 16.7 Å². The highest BCUT2D eigenvalue weighted by atomic mass is 32.2. The lowest BCUT2D eigenvalue weighted by Gasteiger charge is -2.45. The fraction of sp³-hybridized carbons (Fsp3) is 0.541. The zero-order valence-electron chi connectivity index (χ0n) is 29.9. The number of nitrogens with one attached hydrogen (secondary N) is 1. The van der Waals surface area contributed by atoms with Crippen molar-refractivity contribution < 1.29 is 32.3 Å². The van der Waals surface area contributed by atoms with Crippen LogP contribution in [0.5, 0.6) is 0 Å². The third-order valence-corrected chi connectivity index (χ3v) is 17.4. The Kier molecular flexibility index (Phi) is 9.87. The minimum absolute atomic E-state index is 0.00851. The number of imidazole rings is 1. The summed E-state index contributed by atoms with van der Waals surface area (Å²) < 4.78 is 41.8. The molecule has 2 aliphatic carbocycles. The number of ether oxygens (including phenoxy) is 1. The average molecular weight is 710 g/mol. The maximum Gasteiger partial charge on any atom is 0.407 e. The first-order valence-corrected chi connectivity index (χ1v) is 20.5. The molecule has 266 valence electrons. The van der Waals surface area contributed by atoms with E-state index in [9.17, 15) is 23.1 Å². The second-order valence-electron chi connectivity index (χ2n) is 16.2. The van der Waals surface area contributed by atoms with Crippen LogP contribution in [0, 0.1) is 16.7 Å². The van der Waals surface area contributed by atoms with Crippen molar-refractivity contribution in [1.29, 1.82) is 0 Å². The van der Waals surface area contributed by atoms with E-state index in [1.54, 1.807) is 20.8 Å². The van der Waals surface area contributed by atoms with E-state index in [1.807, 2.05) is 74.5 Å². The number of aromatic nitrogens is 2. The number of carbonyl (C=O) groups is 2. The van der Waals surface area contributed by atoms with E-state index < -0.39 is 58.1 Å². The predicted molar refractivity (Wildman–Crippen MR) is 192 cm³/mol. The Bertz CT molecular complexity index is 1720. The van der Waals surface area contributed by atoms with Crippen molar-refractivity contribution >= 4 is 40.6 Å². The van der Waals surface area contributed by atoms with E-state index in [2.05, 4.69) is 31.1 Å². The quantitative estimate of drug-likeness (QED) is 0.267. The van der Waals surface area contributed by atoms with Crippen LogP contribution in [-0.4, -0.2) is 66.7 Å². The summed E-state index contributed by atoms with van der Waals surface area (Å²) >= 11 is 0. The minimum atomic E-state index is -4.03. The van der Waals surface area contributed by atoms with Crippen molar-refractivity contribution in [3.8, 4) is 0 Å². The Morgan fingerprint density at radius 1 is 1.04 bits per heavy atom. The number of amides is 1. The molecule has 2 N–H and O–H groups in total. The molecule has 0 saturated heterocycles. The molecule has 2 fully saturated rings. The van der Waals surface area contributed by atoms with Crippen LogP contribution in [0.25, 0.3) is 0 Å². The molecule has 0 radical (unpaired) electrons. The van der Waals surface area contributed by atoms with E-state index in [4.69, 9.17) is 9.16 Å². The summed E-state index contributed by atoms with van der Waals surface area (Å²) in [5, 5.41) is 15.9. The molecule has 5 rings (SSSR count). The fourth-order valence-corrected chi connectivity index (χ4v) is 14.5. The van der Waals surface area contributed by atoms with E-state index in [0.717, 1.165) is 20.8 Å². The Balaban J connectivity index is 1.57. The molecule has 4 atom stereocenters. The molecule has 10 nitrogen and oxygen atoms in total. The zero-order valence-corrected chi connectivity index (χ0v) is 31.7.